The van der Waals surface area contributed by atoms with Crippen LogP contribution in [0.5, 0.6) is 0 Å². The number of carbonyl (C=O) groups is 4. The zero-order valence-corrected chi connectivity index (χ0v) is 28.8. The number of alkyl carbamates (subject to hydrolysis) is 1. The first-order valence-electron chi connectivity index (χ1n) is 15.3. The lowest BCUT2D eigenvalue weighted by atomic mass is 9.98. The van der Waals surface area contributed by atoms with Gasteiger partial charge in [0.25, 0.3) is 5.91 Å². The van der Waals surface area contributed by atoms with E-state index in [1.807, 2.05) is 30.3 Å². The fourth-order valence-electron chi connectivity index (χ4n) is 4.83. The number of nitrogens with one attached hydrogen (secondary N) is 2. The van der Waals surface area contributed by atoms with Crippen LogP contribution >= 0.6 is 0 Å². The van der Waals surface area contributed by atoms with Gasteiger partial charge in [0, 0.05) is 27.3 Å². The molecule has 266 valence electrons. The van der Waals surface area contributed by atoms with Crippen molar-refractivity contribution in [3.63, 3.8) is 0 Å². The second-order valence-electron chi connectivity index (χ2n) is 13.1. The topological polar surface area (TPSA) is 135 Å². The van der Waals surface area contributed by atoms with Crippen LogP contribution in [-0.2, 0) is 36.6 Å². The quantitative estimate of drug-likeness (QED) is 0.278. The molecule has 2 N–H and O–H groups in total. The van der Waals surface area contributed by atoms with Gasteiger partial charge in [-0.15, -0.1) is 0 Å². The maximum Gasteiger partial charge on any atom is 0.416 e. The Morgan fingerprint density at radius 1 is 0.918 bits per heavy atom. The SMILES string of the molecule is CN(C)C(=O)C(c1ccccc1C(F)(F)F)n1cnc(NC(=O)C(COCc2ccccc2)N(C)C(=O)C(C)(C)NC(=O)OC(C)(C)C)c1. The summed E-state index contributed by atoms with van der Waals surface area (Å²) >= 11 is 0. The molecule has 0 aliphatic carbocycles. The largest absolute Gasteiger partial charge is 0.444 e. The van der Waals surface area contributed by atoms with E-state index in [1.165, 1.54) is 64.0 Å². The first-order valence-corrected chi connectivity index (χ1v) is 15.3. The first-order chi connectivity index (χ1) is 22.7. The van der Waals surface area contributed by atoms with E-state index in [2.05, 4.69) is 15.6 Å². The van der Waals surface area contributed by atoms with Crippen LogP contribution in [0.25, 0.3) is 0 Å². The van der Waals surface area contributed by atoms with E-state index >= 15 is 0 Å². The van der Waals surface area contributed by atoms with Gasteiger partial charge in [-0.25, -0.2) is 9.78 Å². The number of hydrogen-bond donors (Lipinski definition) is 2. The molecule has 3 rings (SSSR count). The summed E-state index contributed by atoms with van der Waals surface area (Å²) in [5.41, 5.74) is -2.81. The number of halogens is 3. The molecular formula is C34H43F3N6O6. The molecule has 1 aromatic heterocycles. The zero-order valence-electron chi connectivity index (χ0n) is 28.8. The van der Waals surface area contributed by atoms with Gasteiger partial charge in [-0.3, -0.25) is 14.4 Å². The van der Waals surface area contributed by atoms with Crippen molar-refractivity contribution in [3.05, 3.63) is 83.8 Å². The Morgan fingerprint density at radius 3 is 2.12 bits per heavy atom. The monoisotopic (exact) mass is 688 g/mol. The van der Waals surface area contributed by atoms with Gasteiger partial charge in [0.15, 0.2) is 5.82 Å². The third kappa shape index (κ3) is 10.5. The van der Waals surface area contributed by atoms with Gasteiger partial charge in [-0.1, -0.05) is 48.5 Å². The maximum atomic E-state index is 14.0. The third-order valence-corrected chi connectivity index (χ3v) is 7.21. The molecule has 2 aromatic carbocycles. The van der Waals surface area contributed by atoms with Crippen molar-refractivity contribution < 1.29 is 41.8 Å². The van der Waals surface area contributed by atoms with Crippen molar-refractivity contribution in [2.75, 3.05) is 33.1 Å². The summed E-state index contributed by atoms with van der Waals surface area (Å²) in [7, 11) is 4.20. The van der Waals surface area contributed by atoms with E-state index in [9.17, 15) is 32.3 Å². The van der Waals surface area contributed by atoms with Crippen molar-refractivity contribution in [1.29, 1.82) is 0 Å². The maximum absolute atomic E-state index is 14.0. The molecule has 4 amide bonds. The molecule has 12 nitrogen and oxygen atoms in total. The summed E-state index contributed by atoms with van der Waals surface area (Å²) in [5, 5.41) is 5.11. The average molecular weight is 689 g/mol. The van der Waals surface area contributed by atoms with E-state index in [0.29, 0.717) is 0 Å². The van der Waals surface area contributed by atoms with Crippen molar-refractivity contribution in [1.82, 2.24) is 24.7 Å². The number of nitrogens with zero attached hydrogens (tertiary/aromatic N) is 4. The van der Waals surface area contributed by atoms with Crippen LogP contribution in [0.2, 0.25) is 0 Å². The van der Waals surface area contributed by atoms with Gasteiger partial charge in [-0.05, 0) is 51.8 Å². The predicted molar refractivity (Wildman–Crippen MR) is 175 cm³/mol. The molecule has 0 bridgehead atoms. The second-order valence-corrected chi connectivity index (χ2v) is 13.1. The van der Waals surface area contributed by atoms with Crippen molar-refractivity contribution in [3.8, 4) is 0 Å². The van der Waals surface area contributed by atoms with Crippen LogP contribution in [0.1, 0.15) is 57.4 Å². The molecule has 0 fully saturated rings. The molecule has 0 radical (unpaired) electrons. The van der Waals surface area contributed by atoms with Gasteiger partial charge in [0.2, 0.25) is 11.8 Å². The summed E-state index contributed by atoms with van der Waals surface area (Å²) in [6.07, 6.45) is -3.21. The number of benzene rings is 2. The number of imidazole rings is 1. The molecule has 0 spiro atoms. The fourth-order valence-corrected chi connectivity index (χ4v) is 4.83. The molecule has 0 aliphatic rings. The van der Waals surface area contributed by atoms with Crippen LogP contribution < -0.4 is 10.6 Å². The van der Waals surface area contributed by atoms with E-state index in [4.69, 9.17) is 9.47 Å². The number of carbonyl (C=O) groups excluding carboxylic acids is 4. The van der Waals surface area contributed by atoms with Gasteiger partial charge in [0.05, 0.1) is 25.1 Å². The summed E-state index contributed by atoms with van der Waals surface area (Å²) < 4.78 is 54.1. The standard InChI is InChI=1S/C34H43F3N6O6/c1-32(2,3)49-31(47)40-33(4,5)30(46)42(8)25(20-48-19-22-14-10-9-11-15-22)28(44)39-26-18-43(21-38-26)27(29(45)41(6)7)23-16-12-13-17-24(23)34(35,36)37/h9-18,21,25,27H,19-20H2,1-8H3,(H,39,44)(H,40,47). The number of likely N-dealkylation sites (N-methyl/N-ethyl adjacent to an activating group) is 2. The number of hydrogen-bond acceptors (Lipinski definition) is 7. The fraction of sp³-hybridized carbons (Fsp3) is 0.441. The van der Waals surface area contributed by atoms with Gasteiger partial charge in [-0.2, -0.15) is 13.2 Å². The molecule has 0 saturated carbocycles. The highest BCUT2D eigenvalue weighted by Gasteiger charge is 2.40. The molecule has 1 heterocycles. The molecule has 2 unspecified atom stereocenters. The highest BCUT2D eigenvalue weighted by molar-refractivity contribution is 5.98. The summed E-state index contributed by atoms with van der Waals surface area (Å²) in [6.45, 7) is 7.78. The molecule has 49 heavy (non-hydrogen) atoms. The Morgan fingerprint density at radius 2 is 1.53 bits per heavy atom. The number of alkyl halides is 3. The van der Waals surface area contributed by atoms with Crippen molar-refractivity contribution >= 4 is 29.6 Å². The molecule has 15 heteroatoms. The number of amides is 4. The van der Waals surface area contributed by atoms with Gasteiger partial charge < -0.3 is 34.5 Å². The normalized spacial score (nSPS) is 13.2. The molecule has 0 saturated heterocycles. The van der Waals surface area contributed by atoms with Crippen molar-refractivity contribution in [2.24, 2.45) is 0 Å². The average Bonchev–Trinajstić information content (AvgIpc) is 3.45. The summed E-state index contributed by atoms with van der Waals surface area (Å²) in [6, 6.07) is 11.1. The van der Waals surface area contributed by atoms with Crippen molar-refractivity contribution in [2.45, 2.75) is 70.6 Å². The van der Waals surface area contributed by atoms with Gasteiger partial charge >= 0.3 is 12.3 Å². The number of ether oxygens (including phenoxy) is 2. The zero-order chi connectivity index (χ0) is 36.7. The highest BCUT2D eigenvalue weighted by atomic mass is 19.4. The van der Waals surface area contributed by atoms with Gasteiger partial charge in [0.1, 0.15) is 23.2 Å². The Kier molecular flexibility index (Phi) is 12.2. The van der Waals surface area contributed by atoms with E-state index in [1.54, 1.807) is 20.8 Å². The third-order valence-electron chi connectivity index (χ3n) is 7.21. The van der Waals surface area contributed by atoms with E-state index in [0.717, 1.165) is 27.8 Å². The predicted octanol–water partition coefficient (Wildman–Crippen LogP) is 4.87. The smallest absolute Gasteiger partial charge is 0.416 e. The number of rotatable bonds is 12. The minimum Gasteiger partial charge on any atom is -0.444 e. The Balaban J connectivity index is 1.91. The molecule has 3 aromatic rings. The number of anilines is 1. The molecule has 0 aliphatic heterocycles. The van der Waals surface area contributed by atoms with Crippen LogP contribution in [0.3, 0.4) is 0 Å². The van der Waals surface area contributed by atoms with E-state index < -0.39 is 58.8 Å². The Labute approximate surface area is 283 Å². The minimum atomic E-state index is -4.74. The highest BCUT2D eigenvalue weighted by Crippen LogP contribution is 2.36. The lowest BCUT2D eigenvalue weighted by Gasteiger charge is -2.34. The molecule has 2 atom stereocenters. The van der Waals surface area contributed by atoms with Crippen LogP contribution in [-0.4, -0.2) is 88.1 Å². The lowest BCUT2D eigenvalue weighted by Crippen LogP contribution is -2.60. The van der Waals surface area contributed by atoms with Crippen LogP contribution in [0.4, 0.5) is 23.8 Å². The Bertz CT molecular complexity index is 1620. The lowest BCUT2D eigenvalue weighted by molar-refractivity contribution is -0.143. The van der Waals surface area contributed by atoms with Crippen LogP contribution in [0, 0.1) is 0 Å². The molecular weight excluding hydrogens is 645 g/mol. The summed E-state index contributed by atoms with van der Waals surface area (Å²) in [4.78, 5) is 59.5. The second kappa shape index (κ2) is 15.5. The number of aromatic nitrogens is 2. The van der Waals surface area contributed by atoms with Crippen LogP contribution in [0.15, 0.2) is 67.1 Å². The van der Waals surface area contributed by atoms with E-state index in [-0.39, 0.29) is 24.6 Å². The minimum absolute atomic E-state index is 0.0916. The Hall–Kier alpha value is -4.92. The summed E-state index contributed by atoms with van der Waals surface area (Å²) in [5.74, 6) is -2.14. The first kappa shape index (κ1) is 38.5.